The van der Waals surface area contributed by atoms with Crippen LogP contribution < -0.4 is 0 Å². The fraction of sp³-hybridized carbons (Fsp3) is 0.619. The van der Waals surface area contributed by atoms with Gasteiger partial charge >= 0.3 is 11.9 Å². The summed E-state index contributed by atoms with van der Waals surface area (Å²) in [5.41, 5.74) is 0.565. The van der Waals surface area contributed by atoms with Gasteiger partial charge in [-0.25, -0.2) is 9.59 Å². The van der Waals surface area contributed by atoms with E-state index in [0.29, 0.717) is 13.2 Å². The Balaban J connectivity index is 2.41. The number of halogens is 1. The van der Waals surface area contributed by atoms with Gasteiger partial charge in [0.1, 0.15) is 0 Å². The predicted molar refractivity (Wildman–Crippen MR) is 108 cm³/mol. The number of hydrogen-bond donors (Lipinski definition) is 0. The van der Waals surface area contributed by atoms with Crippen LogP contribution in [0.2, 0.25) is 0 Å². The molecule has 0 fully saturated rings. The quantitative estimate of drug-likeness (QED) is 0.210. The number of alkyl halides is 1. The van der Waals surface area contributed by atoms with Crippen LogP contribution >= 0.6 is 15.9 Å². The van der Waals surface area contributed by atoms with E-state index in [0.717, 1.165) is 50.3 Å². The zero-order chi connectivity index (χ0) is 19.0. The lowest BCUT2D eigenvalue weighted by Crippen LogP contribution is -2.15. The van der Waals surface area contributed by atoms with Crippen molar-refractivity contribution in [1.29, 1.82) is 0 Å². The van der Waals surface area contributed by atoms with Gasteiger partial charge in [0.25, 0.3) is 0 Å². The summed E-state index contributed by atoms with van der Waals surface area (Å²) in [5.74, 6) is -0.909. The van der Waals surface area contributed by atoms with E-state index in [1.807, 2.05) is 0 Å². The SMILES string of the molecule is CCCCCCOC(=O)c1ccccc1C(=O)OCCCCCCCBr. The molecule has 0 bridgehead atoms. The van der Waals surface area contributed by atoms with Crippen LogP contribution in [0.25, 0.3) is 0 Å². The Labute approximate surface area is 165 Å². The number of hydrogen-bond acceptors (Lipinski definition) is 4. The number of unbranched alkanes of at least 4 members (excludes halogenated alkanes) is 7. The standard InChI is InChI=1S/C21H31BrO4/c1-2-3-4-11-16-25-20(23)18-13-8-9-14-19(18)21(24)26-17-12-7-5-6-10-15-22/h8-9,13-14H,2-7,10-12,15-17H2,1H3. The summed E-state index contributed by atoms with van der Waals surface area (Å²) in [6.07, 6.45) is 9.56. The van der Waals surface area contributed by atoms with Gasteiger partial charge in [0.15, 0.2) is 0 Å². The van der Waals surface area contributed by atoms with Crippen LogP contribution in [-0.4, -0.2) is 30.5 Å². The molecule has 146 valence electrons. The molecule has 4 nitrogen and oxygen atoms in total. The van der Waals surface area contributed by atoms with Crippen molar-refractivity contribution < 1.29 is 19.1 Å². The molecule has 0 aliphatic heterocycles. The number of esters is 2. The van der Waals surface area contributed by atoms with Gasteiger partial charge in [0.2, 0.25) is 0 Å². The van der Waals surface area contributed by atoms with Crippen molar-refractivity contribution in [2.75, 3.05) is 18.5 Å². The van der Waals surface area contributed by atoms with Gasteiger partial charge in [-0.3, -0.25) is 0 Å². The molecule has 0 saturated heterocycles. The van der Waals surface area contributed by atoms with E-state index >= 15 is 0 Å². The third kappa shape index (κ3) is 9.37. The van der Waals surface area contributed by atoms with Gasteiger partial charge in [0, 0.05) is 5.33 Å². The number of ether oxygens (including phenoxy) is 2. The third-order valence-corrected chi connectivity index (χ3v) is 4.67. The van der Waals surface area contributed by atoms with Gasteiger partial charge in [-0.15, -0.1) is 0 Å². The number of carbonyl (C=O) groups is 2. The summed E-state index contributed by atoms with van der Waals surface area (Å²) >= 11 is 3.41. The fourth-order valence-corrected chi connectivity index (χ4v) is 2.98. The maximum absolute atomic E-state index is 12.3. The monoisotopic (exact) mass is 426 g/mol. The van der Waals surface area contributed by atoms with E-state index < -0.39 is 11.9 Å². The van der Waals surface area contributed by atoms with E-state index in [-0.39, 0.29) is 11.1 Å². The maximum Gasteiger partial charge on any atom is 0.339 e. The van der Waals surface area contributed by atoms with E-state index in [9.17, 15) is 9.59 Å². The second kappa shape index (κ2) is 14.8. The molecule has 0 aromatic heterocycles. The number of carbonyl (C=O) groups excluding carboxylic acids is 2. The Bertz CT molecular complexity index is 530. The largest absolute Gasteiger partial charge is 0.462 e. The highest BCUT2D eigenvalue weighted by molar-refractivity contribution is 9.09. The maximum atomic E-state index is 12.3. The van der Waals surface area contributed by atoms with E-state index in [1.54, 1.807) is 24.3 Å². The summed E-state index contributed by atoms with van der Waals surface area (Å²) < 4.78 is 10.6. The number of benzene rings is 1. The first kappa shape index (κ1) is 22.7. The minimum atomic E-state index is -0.455. The first-order valence-corrected chi connectivity index (χ1v) is 10.8. The minimum absolute atomic E-state index is 0.283. The second-order valence-electron chi connectivity index (χ2n) is 6.33. The second-order valence-corrected chi connectivity index (χ2v) is 7.13. The van der Waals surface area contributed by atoms with E-state index in [4.69, 9.17) is 9.47 Å². The molecule has 0 unspecified atom stereocenters. The molecule has 1 aromatic carbocycles. The van der Waals surface area contributed by atoms with Crippen molar-refractivity contribution in [3.05, 3.63) is 35.4 Å². The highest BCUT2D eigenvalue weighted by atomic mass is 79.9. The van der Waals surface area contributed by atoms with Gasteiger partial charge < -0.3 is 9.47 Å². The summed E-state index contributed by atoms with van der Waals surface area (Å²) in [5, 5.41) is 1.04. The molecule has 1 aromatic rings. The van der Waals surface area contributed by atoms with Crippen LogP contribution in [0.15, 0.2) is 24.3 Å². The summed E-state index contributed by atoms with van der Waals surface area (Å²) in [7, 11) is 0. The van der Waals surface area contributed by atoms with Crippen molar-refractivity contribution in [3.8, 4) is 0 Å². The highest BCUT2D eigenvalue weighted by Gasteiger charge is 2.18. The summed E-state index contributed by atoms with van der Waals surface area (Å²) in [4.78, 5) is 24.5. The molecule has 5 heteroatoms. The van der Waals surface area contributed by atoms with Crippen molar-refractivity contribution >= 4 is 27.9 Å². The predicted octanol–water partition coefficient (Wildman–Crippen LogP) is 5.93. The Morgan fingerprint density at radius 1 is 0.769 bits per heavy atom. The molecule has 0 atom stereocenters. The summed E-state index contributed by atoms with van der Waals surface area (Å²) in [6, 6.07) is 6.69. The van der Waals surface area contributed by atoms with E-state index in [2.05, 4.69) is 22.9 Å². The zero-order valence-electron chi connectivity index (χ0n) is 15.8. The van der Waals surface area contributed by atoms with Crippen molar-refractivity contribution in [2.45, 2.75) is 64.7 Å². The topological polar surface area (TPSA) is 52.6 Å². The molecule has 0 aliphatic carbocycles. The van der Waals surface area contributed by atoms with Gasteiger partial charge in [-0.1, -0.05) is 73.5 Å². The van der Waals surface area contributed by atoms with Gasteiger partial charge in [0.05, 0.1) is 24.3 Å². The van der Waals surface area contributed by atoms with Gasteiger partial charge in [-0.2, -0.15) is 0 Å². The molecule has 0 radical (unpaired) electrons. The van der Waals surface area contributed by atoms with Crippen LogP contribution in [0, 0.1) is 0 Å². The van der Waals surface area contributed by atoms with Crippen LogP contribution in [0.4, 0.5) is 0 Å². The molecule has 0 amide bonds. The molecular formula is C21H31BrO4. The Kier molecular flexibility index (Phi) is 12.9. The first-order chi connectivity index (χ1) is 12.7. The lowest BCUT2D eigenvalue weighted by atomic mass is 10.1. The zero-order valence-corrected chi connectivity index (χ0v) is 17.4. The minimum Gasteiger partial charge on any atom is -0.462 e. The van der Waals surface area contributed by atoms with Crippen LogP contribution in [-0.2, 0) is 9.47 Å². The Hall–Kier alpha value is -1.36. The number of rotatable bonds is 14. The molecule has 0 aliphatic rings. The molecule has 0 N–H and O–H groups in total. The lowest BCUT2D eigenvalue weighted by molar-refractivity contribution is 0.0450. The summed E-state index contributed by atoms with van der Waals surface area (Å²) in [6.45, 7) is 2.90. The van der Waals surface area contributed by atoms with Crippen molar-refractivity contribution in [1.82, 2.24) is 0 Å². The molecule has 0 saturated carbocycles. The van der Waals surface area contributed by atoms with Crippen molar-refractivity contribution in [3.63, 3.8) is 0 Å². The van der Waals surface area contributed by atoms with Gasteiger partial charge in [-0.05, 0) is 31.4 Å². The Morgan fingerprint density at radius 3 is 1.73 bits per heavy atom. The normalized spacial score (nSPS) is 10.5. The van der Waals surface area contributed by atoms with Crippen LogP contribution in [0.1, 0.15) is 85.4 Å². The molecule has 0 spiro atoms. The average molecular weight is 427 g/mol. The molecule has 1 rings (SSSR count). The molecule has 0 heterocycles. The molecule has 26 heavy (non-hydrogen) atoms. The third-order valence-electron chi connectivity index (χ3n) is 4.11. The van der Waals surface area contributed by atoms with Crippen LogP contribution in [0.3, 0.4) is 0 Å². The Morgan fingerprint density at radius 2 is 1.23 bits per heavy atom. The highest BCUT2D eigenvalue weighted by Crippen LogP contribution is 2.13. The van der Waals surface area contributed by atoms with E-state index in [1.165, 1.54) is 12.8 Å². The fourth-order valence-electron chi connectivity index (χ4n) is 2.58. The van der Waals surface area contributed by atoms with Crippen molar-refractivity contribution in [2.24, 2.45) is 0 Å². The molecular weight excluding hydrogens is 396 g/mol. The smallest absolute Gasteiger partial charge is 0.339 e. The first-order valence-electron chi connectivity index (χ1n) is 9.70. The van der Waals surface area contributed by atoms with Crippen LogP contribution in [0.5, 0.6) is 0 Å². The lowest BCUT2D eigenvalue weighted by Gasteiger charge is -2.10. The average Bonchev–Trinajstić information content (AvgIpc) is 2.66.